The van der Waals surface area contributed by atoms with Gasteiger partial charge in [-0.05, 0) is 47.1 Å². The number of carbonyl (C=O) groups excluding carboxylic acids is 3. The number of amides is 1. The molecule has 11 heteroatoms. The number of nitro groups is 1. The number of ketones is 1. The smallest absolute Gasteiger partial charge is 0.344 e. The maximum Gasteiger partial charge on any atom is 0.344 e. The van der Waals surface area contributed by atoms with Gasteiger partial charge in [0.2, 0.25) is 0 Å². The number of halogens is 1. The van der Waals surface area contributed by atoms with Crippen LogP contribution in [0.2, 0.25) is 0 Å². The molecule has 0 atom stereocenters. The van der Waals surface area contributed by atoms with Crippen molar-refractivity contribution in [3.8, 4) is 11.5 Å². The third-order valence-electron chi connectivity index (χ3n) is 3.72. The predicted molar refractivity (Wildman–Crippen MR) is 109 cm³/mol. The number of esters is 1. The van der Waals surface area contributed by atoms with Crippen molar-refractivity contribution in [2.45, 2.75) is 6.92 Å². The predicted octanol–water partition coefficient (Wildman–Crippen LogP) is 3.13. The number of benzene rings is 2. The highest BCUT2D eigenvalue weighted by Gasteiger charge is 2.14. The molecule has 10 nitrogen and oxygen atoms in total. The molecule has 2 rings (SSSR count). The molecule has 0 aromatic heterocycles. The van der Waals surface area contributed by atoms with E-state index in [4.69, 9.17) is 14.2 Å². The Labute approximate surface area is 179 Å². The normalized spacial score (nSPS) is 10.1. The summed E-state index contributed by atoms with van der Waals surface area (Å²) in [5, 5.41) is 13.2. The van der Waals surface area contributed by atoms with Gasteiger partial charge in [-0.1, -0.05) is 0 Å². The summed E-state index contributed by atoms with van der Waals surface area (Å²) >= 11 is 3.12. The summed E-state index contributed by atoms with van der Waals surface area (Å²) in [6.45, 7) is 0.350. The molecule has 0 fully saturated rings. The lowest BCUT2D eigenvalue weighted by molar-refractivity contribution is -0.384. The number of nitrogens with zero attached hydrogens (tertiary/aromatic N) is 1. The van der Waals surface area contributed by atoms with Crippen LogP contribution in [0.5, 0.6) is 11.5 Å². The summed E-state index contributed by atoms with van der Waals surface area (Å²) in [6, 6.07) is 8.31. The van der Waals surface area contributed by atoms with Crippen molar-refractivity contribution in [1.82, 2.24) is 0 Å². The molecule has 0 bridgehead atoms. The summed E-state index contributed by atoms with van der Waals surface area (Å²) in [5.41, 5.74) is 0.569. The van der Waals surface area contributed by atoms with E-state index in [1.807, 2.05) is 0 Å². The largest absolute Gasteiger partial charge is 0.493 e. The first-order chi connectivity index (χ1) is 14.2. The lowest BCUT2D eigenvalue weighted by Crippen LogP contribution is -2.23. The number of methoxy groups -OCH3 is 1. The average Bonchev–Trinajstić information content (AvgIpc) is 2.71. The van der Waals surface area contributed by atoms with Gasteiger partial charge in [0.05, 0.1) is 17.7 Å². The highest BCUT2D eigenvalue weighted by atomic mass is 79.9. The van der Waals surface area contributed by atoms with E-state index in [0.29, 0.717) is 10.0 Å². The number of carbonyl (C=O) groups is 3. The minimum atomic E-state index is -0.800. The second kappa shape index (κ2) is 10.3. The molecule has 158 valence electrons. The summed E-state index contributed by atoms with van der Waals surface area (Å²) in [6.07, 6.45) is 0. The average molecular weight is 481 g/mol. The van der Waals surface area contributed by atoms with E-state index in [2.05, 4.69) is 21.2 Å². The zero-order valence-corrected chi connectivity index (χ0v) is 17.6. The Kier molecular flexibility index (Phi) is 7.87. The molecule has 0 saturated heterocycles. The monoisotopic (exact) mass is 480 g/mol. The van der Waals surface area contributed by atoms with Gasteiger partial charge in [-0.25, -0.2) is 4.79 Å². The van der Waals surface area contributed by atoms with Gasteiger partial charge in [-0.2, -0.15) is 0 Å². The molecule has 1 amide bonds. The molecule has 0 saturated carbocycles. The molecule has 1 N–H and O–H groups in total. The third kappa shape index (κ3) is 6.27. The Hall–Kier alpha value is -3.47. The fraction of sp³-hybridized carbons (Fsp3) is 0.211. The first-order valence-electron chi connectivity index (χ1n) is 8.42. The minimum absolute atomic E-state index is 0.143. The lowest BCUT2D eigenvalue weighted by atomic mass is 10.1. The number of hydrogen-bond acceptors (Lipinski definition) is 8. The van der Waals surface area contributed by atoms with Crippen LogP contribution >= 0.6 is 15.9 Å². The fourth-order valence-corrected chi connectivity index (χ4v) is 2.70. The van der Waals surface area contributed by atoms with E-state index in [1.54, 1.807) is 0 Å². The third-order valence-corrected chi connectivity index (χ3v) is 4.37. The van der Waals surface area contributed by atoms with Crippen LogP contribution in [-0.2, 0) is 14.3 Å². The minimum Gasteiger partial charge on any atom is -0.493 e. The van der Waals surface area contributed by atoms with Crippen LogP contribution in [0.15, 0.2) is 40.9 Å². The highest BCUT2D eigenvalue weighted by Crippen LogP contribution is 2.28. The topological polar surface area (TPSA) is 134 Å². The van der Waals surface area contributed by atoms with Crippen LogP contribution in [0.1, 0.15) is 17.3 Å². The molecule has 0 heterocycles. The number of non-ortho nitro benzene ring substituents is 1. The number of anilines is 1. The van der Waals surface area contributed by atoms with Crippen LogP contribution in [-0.4, -0.2) is 42.9 Å². The fourth-order valence-electron chi connectivity index (χ4n) is 2.24. The molecule has 0 aliphatic heterocycles. The van der Waals surface area contributed by atoms with Crippen LogP contribution in [0.3, 0.4) is 0 Å². The summed E-state index contributed by atoms with van der Waals surface area (Å²) in [7, 11) is 1.39. The Balaban J connectivity index is 1.85. The number of ether oxygens (including phenoxy) is 3. The second-order valence-electron chi connectivity index (χ2n) is 5.84. The standard InChI is InChI=1S/C19H17BrN2O8/c1-11(23)12-3-6-16(17(7-12)28-2)29-10-19(25)30-9-18(24)21-15-5-4-13(22(26)27)8-14(15)20/h3-8H,9-10H2,1-2H3,(H,21,24). The van der Waals surface area contributed by atoms with Gasteiger partial charge in [0, 0.05) is 22.2 Å². The number of Topliss-reactive ketones (excluding diaryl/α,β-unsaturated/α-hetero) is 1. The van der Waals surface area contributed by atoms with Gasteiger partial charge in [0.1, 0.15) is 0 Å². The Morgan fingerprint density at radius 3 is 2.43 bits per heavy atom. The summed E-state index contributed by atoms with van der Waals surface area (Å²) in [4.78, 5) is 45.3. The van der Waals surface area contributed by atoms with E-state index in [1.165, 1.54) is 50.4 Å². The first kappa shape index (κ1) is 22.8. The molecule has 30 heavy (non-hydrogen) atoms. The van der Waals surface area contributed by atoms with Gasteiger partial charge in [0.15, 0.2) is 30.5 Å². The lowest BCUT2D eigenvalue weighted by Gasteiger charge is -2.11. The summed E-state index contributed by atoms with van der Waals surface area (Å²) < 4.78 is 15.6. The van der Waals surface area contributed by atoms with Crippen molar-refractivity contribution in [1.29, 1.82) is 0 Å². The Morgan fingerprint density at radius 2 is 1.83 bits per heavy atom. The van der Waals surface area contributed by atoms with Crippen LogP contribution in [0.25, 0.3) is 0 Å². The number of hydrogen-bond donors (Lipinski definition) is 1. The number of nitrogens with one attached hydrogen (secondary N) is 1. The molecule has 0 aliphatic carbocycles. The van der Waals surface area contributed by atoms with E-state index < -0.39 is 30.0 Å². The van der Waals surface area contributed by atoms with Gasteiger partial charge < -0.3 is 19.5 Å². The Morgan fingerprint density at radius 1 is 1.10 bits per heavy atom. The molecular weight excluding hydrogens is 464 g/mol. The Bertz CT molecular complexity index is 992. The molecular formula is C19H17BrN2O8. The quantitative estimate of drug-likeness (QED) is 0.250. The zero-order valence-electron chi connectivity index (χ0n) is 16.0. The van der Waals surface area contributed by atoms with Crippen LogP contribution in [0.4, 0.5) is 11.4 Å². The van der Waals surface area contributed by atoms with Crippen molar-refractivity contribution in [3.63, 3.8) is 0 Å². The van der Waals surface area contributed by atoms with E-state index in [9.17, 15) is 24.5 Å². The van der Waals surface area contributed by atoms with E-state index >= 15 is 0 Å². The van der Waals surface area contributed by atoms with Crippen LogP contribution < -0.4 is 14.8 Å². The summed E-state index contributed by atoms with van der Waals surface area (Å²) in [5.74, 6) is -1.08. The van der Waals surface area contributed by atoms with Gasteiger partial charge >= 0.3 is 5.97 Å². The van der Waals surface area contributed by atoms with Crippen molar-refractivity contribution >= 4 is 45.0 Å². The van der Waals surface area contributed by atoms with Gasteiger partial charge in [0.25, 0.3) is 11.6 Å². The van der Waals surface area contributed by atoms with E-state index in [0.717, 1.165) is 0 Å². The van der Waals surface area contributed by atoms with Crippen molar-refractivity contribution in [2.24, 2.45) is 0 Å². The number of nitro benzene ring substituents is 1. The SMILES string of the molecule is COc1cc(C(C)=O)ccc1OCC(=O)OCC(=O)Nc1ccc([N+](=O)[O-])cc1Br. The maximum absolute atomic E-state index is 11.9. The number of rotatable bonds is 9. The highest BCUT2D eigenvalue weighted by molar-refractivity contribution is 9.10. The second-order valence-corrected chi connectivity index (χ2v) is 6.69. The van der Waals surface area contributed by atoms with Gasteiger partial charge in [-0.15, -0.1) is 0 Å². The molecule has 0 aliphatic rings. The zero-order chi connectivity index (χ0) is 22.3. The van der Waals surface area contributed by atoms with Crippen molar-refractivity contribution in [2.75, 3.05) is 25.6 Å². The first-order valence-corrected chi connectivity index (χ1v) is 9.21. The van der Waals surface area contributed by atoms with Gasteiger partial charge in [-0.3, -0.25) is 19.7 Å². The molecule has 0 radical (unpaired) electrons. The van der Waals surface area contributed by atoms with Crippen molar-refractivity contribution < 1.29 is 33.5 Å². The molecule has 2 aromatic carbocycles. The molecule has 2 aromatic rings. The van der Waals surface area contributed by atoms with E-state index in [-0.39, 0.29) is 28.7 Å². The molecule has 0 unspecified atom stereocenters. The molecule has 0 spiro atoms. The maximum atomic E-state index is 11.9. The van der Waals surface area contributed by atoms with Crippen LogP contribution in [0, 0.1) is 10.1 Å². The van der Waals surface area contributed by atoms with Crippen molar-refractivity contribution in [3.05, 3.63) is 56.5 Å².